The van der Waals surface area contributed by atoms with Gasteiger partial charge in [-0.2, -0.15) is 0 Å². The summed E-state index contributed by atoms with van der Waals surface area (Å²) in [6, 6.07) is -3.00. The van der Waals surface area contributed by atoms with Crippen LogP contribution in [-0.4, -0.2) is 60.4 Å². The average Bonchev–Trinajstić information content (AvgIpc) is 2.41. The van der Waals surface area contributed by atoms with E-state index in [4.69, 9.17) is 5.73 Å². The van der Waals surface area contributed by atoms with Gasteiger partial charge in [0, 0.05) is 0 Å². The largest absolute Gasteiger partial charge is 0.548 e. The minimum atomic E-state index is -1.54. The molecule has 0 aliphatic rings. The Hall–Kier alpha value is -2.16. The lowest BCUT2D eigenvalue weighted by molar-refractivity contribution is -0.306. The van der Waals surface area contributed by atoms with E-state index in [1.54, 1.807) is 0 Å². The molecule has 0 radical (unpaired) electrons. The zero-order valence-electron chi connectivity index (χ0n) is 12.4. The molecule has 9 heteroatoms. The second-order valence-electron chi connectivity index (χ2n) is 4.56. The smallest absolute Gasteiger partial charge is 0.328 e. The van der Waals surface area contributed by atoms with E-state index in [0.717, 1.165) is 12.0 Å². The fourth-order valence-electron chi connectivity index (χ4n) is 1.50. The molecule has 0 saturated heterocycles. The third kappa shape index (κ3) is 5.78. The molecular formula is C12H20N3O6-. The number of hydrogen-bond donors (Lipinski definition) is 2. The van der Waals surface area contributed by atoms with Crippen LogP contribution in [0.15, 0.2) is 0 Å². The minimum absolute atomic E-state index is 0.574. The monoisotopic (exact) mass is 302 g/mol. The summed E-state index contributed by atoms with van der Waals surface area (Å²) in [5.41, 5.74) is 5.36. The summed E-state index contributed by atoms with van der Waals surface area (Å²) in [6.45, 7) is 3.30. The standard InChI is InChI=1S/C12H21N3O6/c1-6(13)10(18)14-7(2)11(19)15(5-9(16)17)8(3)12(20)21-4/h6-8H,5,13H2,1-4H3,(H,14,18)(H,16,17)/p-1/t6-,7-,8-/m0/s1. The highest BCUT2D eigenvalue weighted by Gasteiger charge is 2.30. The Labute approximate surface area is 122 Å². The Morgan fingerprint density at radius 3 is 2.14 bits per heavy atom. The lowest BCUT2D eigenvalue weighted by atomic mass is 10.2. The van der Waals surface area contributed by atoms with Crippen LogP contribution in [-0.2, 0) is 23.9 Å². The Morgan fingerprint density at radius 2 is 1.76 bits per heavy atom. The molecule has 0 spiro atoms. The van der Waals surface area contributed by atoms with E-state index < -0.39 is 48.4 Å². The number of carboxylic acids is 1. The molecule has 9 nitrogen and oxygen atoms in total. The summed E-state index contributed by atoms with van der Waals surface area (Å²) < 4.78 is 4.47. The molecule has 0 unspecified atom stereocenters. The van der Waals surface area contributed by atoms with Crippen molar-refractivity contribution in [3.05, 3.63) is 0 Å². The molecule has 0 rings (SSSR count). The van der Waals surface area contributed by atoms with Crippen LogP contribution in [0.25, 0.3) is 0 Å². The third-order valence-electron chi connectivity index (χ3n) is 2.74. The molecule has 0 fully saturated rings. The number of nitrogens with one attached hydrogen (secondary N) is 1. The first kappa shape index (κ1) is 18.8. The molecule has 0 bridgehead atoms. The zero-order valence-corrected chi connectivity index (χ0v) is 12.4. The molecule has 0 aromatic heterocycles. The number of nitrogens with two attached hydrogens (primary N) is 1. The number of esters is 1. The number of hydrogen-bond acceptors (Lipinski definition) is 7. The van der Waals surface area contributed by atoms with E-state index in [1.807, 2.05) is 0 Å². The SMILES string of the molecule is COC(=O)[C@H](C)N(CC(=O)[O-])C(=O)[C@H](C)NC(=O)[C@H](C)N. The molecule has 3 N–H and O–H groups in total. The van der Waals surface area contributed by atoms with Gasteiger partial charge in [-0.1, -0.05) is 0 Å². The maximum atomic E-state index is 12.2. The predicted molar refractivity (Wildman–Crippen MR) is 69.5 cm³/mol. The number of aliphatic carboxylic acids is 1. The number of carboxylic acid groups (broad SMARTS) is 1. The molecule has 0 aromatic rings. The molecule has 0 heterocycles. The quantitative estimate of drug-likeness (QED) is 0.476. The van der Waals surface area contributed by atoms with Crippen molar-refractivity contribution in [2.45, 2.75) is 38.9 Å². The summed E-state index contributed by atoms with van der Waals surface area (Å²) >= 11 is 0. The zero-order chi connectivity index (χ0) is 16.7. The molecule has 0 saturated carbocycles. The van der Waals surface area contributed by atoms with Crippen molar-refractivity contribution >= 4 is 23.8 Å². The summed E-state index contributed by atoms with van der Waals surface area (Å²) in [6.07, 6.45) is 0. The molecule has 0 aliphatic heterocycles. The van der Waals surface area contributed by atoms with Gasteiger partial charge >= 0.3 is 5.97 Å². The van der Waals surface area contributed by atoms with Crippen LogP contribution in [0.2, 0.25) is 0 Å². The van der Waals surface area contributed by atoms with Crippen molar-refractivity contribution < 1.29 is 29.0 Å². The number of nitrogens with zero attached hydrogens (tertiary/aromatic N) is 1. The van der Waals surface area contributed by atoms with Gasteiger partial charge in [-0.3, -0.25) is 9.59 Å². The second-order valence-corrected chi connectivity index (χ2v) is 4.56. The van der Waals surface area contributed by atoms with Crippen LogP contribution in [0.5, 0.6) is 0 Å². The van der Waals surface area contributed by atoms with Gasteiger partial charge in [0.15, 0.2) is 0 Å². The van der Waals surface area contributed by atoms with Gasteiger partial charge in [0.2, 0.25) is 11.8 Å². The first-order valence-corrected chi connectivity index (χ1v) is 6.25. The maximum absolute atomic E-state index is 12.2. The molecule has 21 heavy (non-hydrogen) atoms. The van der Waals surface area contributed by atoms with Crippen LogP contribution in [0.1, 0.15) is 20.8 Å². The van der Waals surface area contributed by atoms with Gasteiger partial charge in [0.1, 0.15) is 12.1 Å². The van der Waals surface area contributed by atoms with Crippen molar-refractivity contribution in [2.24, 2.45) is 5.73 Å². The Kier molecular flexibility index (Phi) is 7.36. The number of ether oxygens (including phenoxy) is 1. The first-order chi connectivity index (χ1) is 9.61. The summed E-state index contributed by atoms with van der Waals surface area (Å²) in [5, 5.41) is 13.0. The predicted octanol–water partition coefficient (Wildman–Crippen LogP) is -3.02. The van der Waals surface area contributed by atoms with Crippen molar-refractivity contribution in [1.82, 2.24) is 10.2 Å². The lowest BCUT2D eigenvalue weighted by Crippen LogP contribution is -2.56. The fourth-order valence-corrected chi connectivity index (χ4v) is 1.50. The summed E-state index contributed by atoms with van der Waals surface area (Å²) in [4.78, 5) is 46.5. The number of rotatable bonds is 7. The summed E-state index contributed by atoms with van der Waals surface area (Å²) in [7, 11) is 1.11. The topological polar surface area (TPSA) is 142 Å². The highest BCUT2D eigenvalue weighted by molar-refractivity contribution is 5.93. The number of amides is 2. The lowest BCUT2D eigenvalue weighted by Gasteiger charge is -2.30. The van der Waals surface area contributed by atoms with Gasteiger partial charge in [-0.05, 0) is 20.8 Å². The van der Waals surface area contributed by atoms with Gasteiger partial charge in [-0.25, -0.2) is 4.79 Å². The first-order valence-electron chi connectivity index (χ1n) is 6.25. The van der Waals surface area contributed by atoms with E-state index in [9.17, 15) is 24.3 Å². The number of carbonyl (C=O) groups excluding carboxylic acids is 4. The normalized spacial score (nSPS) is 14.5. The van der Waals surface area contributed by atoms with E-state index >= 15 is 0 Å². The van der Waals surface area contributed by atoms with Gasteiger partial charge in [0.25, 0.3) is 0 Å². The van der Waals surface area contributed by atoms with Crippen molar-refractivity contribution in [3.63, 3.8) is 0 Å². The maximum Gasteiger partial charge on any atom is 0.328 e. The van der Waals surface area contributed by atoms with E-state index in [0.29, 0.717) is 0 Å². The van der Waals surface area contributed by atoms with E-state index in [2.05, 4.69) is 10.1 Å². The third-order valence-corrected chi connectivity index (χ3v) is 2.74. The van der Waals surface area contributed by atoms with Crippen LogP contribution in [0, 0.1) is 0 Å². The highest BCUT2D eigenvalue weighted by atomic mass is 16.5. The van der Waals surface area contributed by atoms with Crippen LogP contribution in [0.3, 0.4) is 0 Å². The Morgan fingerprint density at radius 1 is 1.24 bits per heavy atom. The highest BCUT2D eigenvalue weighted by Crippen LogP contribution is 2.05. The second kappa shape index (κ2) is 8.20. The van der Waals surface area contributed by atoms with Crippen LogP contribution < -0.4 is 16.2 Å². The molecule has 120 valence electrons. The fraction of sp³-hybridized carbons (Fsp3) is 0.667. The van der Waals surface area contributed by atoms with Gasteiger partial charge in [-0.15, -0.1) is 0 Å². The van der Waals surface area contributed by atoms with Crippen LogP contribution >= 0.6 is 0 Å². The average molecular weight is 302 g/mol. The molecule has 2 amide bonds. The minimum Gasteiger partial charge on any atom is -0.548 e. The van der Waals surface area contributed by atoms with E-state index in [-0.39, 0.29) is 0 Å². The molecular weight excluding hydrogens is 282 g/mol. The summed E-state index contributed by atoms with van der Waals surface area (Å²) in [5.74, 6) is -3.65. The molecule has 3 atom stereocenters. The number of carbonyl (C=O) groups is 4. The molecule has 0 aromatic carbocycles. The van der Waals surface area contributed by atoms with Crippen molar-refractivity contribution in [2.75, 3.05) is 13.7 Å². The van der Waals surface area contributed by atoms with Crippen molar-refractivity contribution in [1.29, 1.82) is 0 Å². The van der Waals surface area contributed by atoms with Crippen molar-refractivity contribution in [3.8, 4) is 0 Å². The van der Waals surface area contributed by atoms with Crippen LogP contribution in [0.4, 0.5) is 0 Å². The van der Waals surface area contributed by atoms with Gasteiger partial charge < -0.3 is 30.6 Å². The molecule has 0 aliphatic carbocycles. The van der Waals surface area contributed by atoms with Gasteiger partial charge in [0.05, 0.1) is 25.7 Å². The van der Waals surface area contributed by atoms with E-state index in [1.165, 1.54) is 20.8 Å². The number of methoxy groups -OCH3 is 1. The Bertz CT molecular complexity index is 423. The Balaban J connectivity index is 5.06.